The van der Waals surface area contributed by atoms with Gasteiger partial charge in [0.2, 0.25) is 5.91 Å². The molecule has 2 rings (SSSR count). The number of carbonyl (C=O) groups excluding carboxylic acids is 1. The standard InChI is InChI=1S/C13H24N2O2/c1-5-6-10-14-13(7-8-13)11(16)15(10)9-12(2,3)17-4/h10,14H,5-9H2,1-4H3. The molecule has 1 atom stereocenters. The summed E-state index contributed by atoms with van der Waals surface area (Å²) in [6.45, 7) is 6.88. The van der Waals surface area contributed by atoms with Crippen molar-refractivity contribution in [3.8, 4) is 0 Å². The van der Waals surface area contributed by atoms with E-state index in [4.69, 9.17) is 4.74 Å². The van der Waals surface area contributed by atoms with E-state index in [0.29, 0.717) is 6.54 Å². The molecule has 2 fully saturated rings. The Morgan fingerprint density at radius 2 is 2.18 bits per heavy atom. The van der Waals surface area contributed by atoms with Crippen LogP contribution in [-0.4, -0.2) is 41.8 Å². The average molecular weight is 240 g/mol. The van der Waals surface area contributed by atoms with Crippen molar-refractivity contribution in [3.63, 3.8) is 0 Å². The van der Waals surface area contributed by atoms with Crippen molar-refractivity contribution in [1.29, 1.82) is 0 Å². The fourth-order valence-electron chi connectivity index (χ4n) is 2.52. The van der Waals surface area contributed by atoms with E-state index in [0.717, 1.165) is 25.7 Å². The predicted octanol–water partition coefficient (Wildman–Crippen LogP) is 1.50. The Bertz CT molecular complexity index is 311. The van der Waals surface area contributed by atoms with Crippen molar-refractivity contribution < 1.29 is 9.53 Å². The monoisotopic (exact) mass is 240 g/mol. The second-order valence-corrected chi connectivity index (χ2v) is 5.93. The molecule has 0 aromatic carbocycles. The number of nitrogens with zero attached hydrogens (tertiary/aromatic N) is 1. The molecule has 0 aromatic heterocycles. The first-order valence-electron chi connectivity index (χ1n) is 6.58. The SMILES string of the molecule is CCCC1NC2(CC2)C(=O)N1CC(C)(C)OC. The van der Waals surface area contributed by atoms with Crippen LogP contribution in [0.2, 0.25) is 0 Å². The number of nitrogens with one attached hydrogen (secondary N) is 1. The summed E-state index contributed by atoms with van der Waals surface area (Å²) in [4.78, 5) is 14.4. The maximum absolute atomic E-state index is 12.4. The van der Waals surface area contributed by atoms with Crippen LogP contribution < -0.4 is 5.32 Å². The van der Waals surface area contributed by atoms with Gasteiger partial charge in [0.05, 0.1) is 23.9 Å². The van der Waals surface area contributed by atoms with E-state index >= 15 is 0 Å². The highest BCUT2D eigenvalue weighted by molar-refractivity contribution is 5.91. The Morgan fingerprint density at radius 1 is 1.53 bits per heavy atom. The highest BCUT2D eigenvalue weighted by atomic mass is 16.5. The van der Waals surface area contributed by atoms with Gasteiger partial charge in [-0.05, 0) is 33.1 Å². The van der Waals surface area contributed by atoms with Gasteiger partial charge in [-0.15, -0.1) is 0 Å². The lowest BCUT2D eigenvalue weighted by molar-refractivity contribution is -0.134. The molecular weight excluding hydrogens is 216 g/mol. The summed E-state index contributed by atoms with van der Waals surface area (Å²) >= 11 is 0. The molecule has 1 saturated carbocycles. The molecule has 1 aliphatic heterocycles. The van der Waals surface area contributed by atoms with Crippen LogP contribution in [0.25, 0.3) is 0 Å². The summed E-state index contributed by atoms with van der Waals surface area (Å²) in [6.07, 6.45) is 4.30. The zero-order valence-corrected chi connectivity index (χ0v) is 11.4. The van der Waals surface area contributed by atoms with Gasteiger partial charge in [0.1, 0.15) is 0 Å². The number of amides is 1. The molecule has 1 spiro atoms. The molecule has 0 radical (unpaired) electrons. The second-order valence-electron chi connectivity index (χ2n) is 5.93. The van der Waals surface area contributed by atoms with E-state index in [1.165, 1.54) is 0 Å². The first kappa shape index (κ1) is 12.8. The normalized spacial score (nSPS) is 26.9. The molecule has 1 unspecified atom stereocenters. The van der Waals surface area contributed by atoms with Gasteiger partial charge in [-0.2, -0.15) is 0 Å². The Labute approximate surface area is 104 Å². The van der Waals surface area contributed by atoms with Gasteiger partial charge in [-0.25, -0.2) is 0 Å². The van der Waals surface area contributed by atoms with E-state index in [1.54, 1.807) is 7.11 Å². The van der Waals surface area contributed by atoms with Crippen molar-refractivity contribution in [2.75, 3.05) is 13.7 Å². The molecule has 4 nitrogen and oxygen atoms in total. The van der Waals surface area contributed by atoms with Crippen LogP contribution in [0.15, 0.2) is 0 Å². The summed E-state index contributed by atoms with van der Waals surface area (Å²) in [7, 11) is 1.70. The number of carbonyl (C=O) groups is 1. The smallest absolute Gasteiger partial charge is 0.244 e. The van der Waals surface area contributed by atoms with Crippen molar-refractivity contribution in [2.24, 2.45) is 0 Å². The van der Waals surface area contributed by atoms with Crippen LogP contribution in [0.5, 0.6) is 0 Å². The molecule has 2 aliphatic rings. The summed E-state index contributed by atoms with van der Waals surface area (Å²) in [6, 6.07) is 0. The minimum Gasteiger partial charge on any atom is -0.377 e. The number of methoxy groups -OCH3 is 1. The zero-order chi connectivity index (χ0) is 12.7. The van der Waals surface area contributed by atoms with E-state index in [2.05, 4.69) is 12.2 Å². The largest absolute Gasteiger partial charge is 0.377 e. The third-order valence-corrected chi connectivity index (χ3v) is 3.91. The van der Waals surface area contributed by atoms with Crippen LogP contribution in [0.4, 0.5) is 0 Å². The van der Waals surface area contributed by atoms with Crippen LogP contribution in [0, 0.1) is 0 Å². The van der Waals surface area contributed by atoms with E-state index in [-0.39, 0.29) is 23.2 Å². The number of hydrogen-bond acceptors (Lipinski definition) is 3. The summed E-state index contributed by atoms with van der Waals surface area (Å²) < 4.78 is 5.44. The maximum atomic E-state index is 12.4. The van der Waals surface area contributed by atoms with Gasteiger partial charge in [0.15, 0.2) is 0 Å². The lowest BCUT2D eigenvalue weighted by Crippen LogP contribution is -2.46. The molecule has 1 aliphatic carbocycles. The minimum absolute atomic E-state index is 0.199. The van der Waals surface area contributed by atoms with Crippen LogP contribution in [0.1, 0.15) is 46.5 Å². The van der Waals surface area contributed by atoms with Gasteiger partial charge >= 0.3 is 0 Å². The number of rotatable bonds is 5. The first-order valence-corrected chi connectivity index (χ1v) is 6.58. The highest BCUT2D eigenvalue weighted by Crippen LogP contribution is 2.43. The van der Waals surface area contributed by atoms with Gasteiger partial charge in [-0.3, -0.25) is 10.1 Å². The Kier molecular flexibility index (Phi) is 3.21. The molecule has 0 aromatic rings. The topological polar surface area (TPSA) is 41.6 Å². The van der Waals surface area contributed by atoms with E-state index in [1.807, 2.05) is 18.7 Å². The molecular formula is C13H24N2O2. The fraction of sp³-hybridized carbons (Fsp3) is 0.923. The van der Waals surface area contributed by atoms with Crippen molar-refractivity contribution in [3.05, 3.63) is 0 Å². The average Bonchev–Trinajstić information content (AvgIpc) is 3.01. The molecule has 98 valence electrons. The van der Waals surface area contributed by atoms with Crippen molar-refractivity contribution in [2.45, 2.75) is 63.8 Å². The molecule has 17 heavy (non-hydrogen) atoms. The third-order valence-electron chi connectivity index (χ3n) is 3.91. The quantitative estimate of drug-likeness (QED) is 0.792. The van der Waals surface area contributed by atoms with Gasteiger partial charge in [0.25, 0.3) is 0 Å². The number of ether oxygens (including phenoxy) is 1. The summed E-state index contributed by atoms with van der Waals surface area (Å²) in [5.74, 6) is 0.279. The summed E-state index contributed by atoms with van der Waals surface area (Å²) in [5.41, 5.74) is -0.479. The van der Waals surface area contributed by atoms with Crippen molar-refractivity contribution >= 4 is 5.91 Å². The Hall–Kier alpha value is -0.610. The zero-order valence-electron chi connectivity index (χ0n) is 11.4. The molecule has 1 saturated heterocycles. The maximum Gasteiger partial charge on any atom is 0.244 e. The van der Waals surface area contributed by atoms with Crippen LogP contribution >= 0.6 is 0 Å². The first-order chi connectivity index (χ1) is 7.94. The molecule has 1 N–H and O–H groups in total. The molecule has 1 heterocycles. The van der Waals surface area contributed by atoms with Gasteiger partial charge in [0, 0.05) is 7.11 Å². The van der Waals surface area contributed by atoms with Gasteiger partial charge in [-0.1, -0.05) is 13.3 Å². The fourth-order valence-corrected chi connectivity index (χ4v) is 2.52. The Morgan fingerprint density at radius 3 is 2.65 bits per heavy atom. The lowest BCUT2D eigenvalue weighted by atomic mass is 10.1. The van der Waals surface area contributed by atoms with Crippen molar-refractivity contribution in [1.82, 2.24) is 10.2 Å². The van der Waals surface area contributed by atoms with E-state index < -0.39 is 0 Å². The van der Waals surface area contributed by atoms with Gasteiger partial charge < -0.3 is 9.64 Å². The van der Waals surface area contributed by atoms with Crippen LogP contribution in [-0.2, 0) is 9.53 Å². The van der Waals surface area contributed by atoms with Crippen LogP contribution in [0.3, 0.4) is 0 Å². The highest BCUT2D eigenvalue weighted by Gasteiger charge is 2.59. The second kappa shape index (κ2) is 4.25. The van der Waals surface area contributed by atoms with E-state index in [9.17, 15) is 4.79 Å². The molecule has 0 bridgehead atoms. The molecule has 1 amide bonds. The summed E-state index contributed by atoms with van der Waals surface area (Å²) in [5, 5.41) is 3.51. The lowest BCUT2D eigenvalue weighted by Gasteiger charge is -2.32. The molecule has 4 heteroatoms. The predicted molar refractivity (Wildman–Crippen MR) is 66.6 cm³/mol. The Balaban J connectivity index is 2.09. The minimum atomic E-state index is -0.274. The third kappa shape index (κ3) is 2.33. The number of hydrogen-bond donors (Lipinski definition) is 1.